The van der Waals surface area contributed by atoms with Crippen LogP contribution in [0.1, 0.15) is 26.3 Å². The molecule has 2 amide bonds. The van der Waals surface area contributed by atoms with Crippen LogP contribution in [0.3, 0.4) is 0 Å². The number of hydrogen-bond donors (Lipinski definition) is 2. The minimum Gasteiger partial charge on any atom is -0.497 e. The van der Waals surface area contributed by atoms with Gasteiger partial charge in [-0.15, -0.1) is 11.3 Å². The van der Waals surface area contributed by atoms with Gasteiger partial charge in [-0.05, 0) is 49.6 Å². The van der Waals surface area contributed by atoms with Gasteiger partial charge in [0.2, 0.25) is 0 Å². The maximum atomic E-state index is 12.3. The second-order valence-corrected chi connectivity index (χ2v) is 7.95. The monoisotopic (exact) mass is 446 g/mol. The van der Waals surface area contributed by atoms with Gasteiger partial charge in [-0.25, -0.2) is 0 Å². The molecule has 0 saturated heterocycles. The van der Waals surface area contributed by atoms with Crippen molar-refractivity contribution < 1.29 is 14.3 Å². The topological polar surface area (TPSA) is 81.4 Å². The number of hydrogen-bond acceptors (Lipinski definition) is 4. The number of amides is 2. The molecule has 0 bridgehead atoms. The van der Waals surface area contributed by atoms with Gasteiger partial charge < -0.3 is 15.8 Å². The molecule has 22 heavy (non-hydrogen) atoms. The number of nitrogens with one attached hydrogen (secondary N) is 1. The molecule has 2 rings (SSSR count). The molecule has 0 radical (unpaired) electrons. The maximum absolute atomic E-state index is 12.3. The molecule has 1 heterocycles. The summed E-state index contributed by atoms with van der Waals surface area (Å²) < 4.78 is 6.16. The molecular formula is C14H12Br2N2O3S. The molecule has 0 aliphatic carbocycles. The Morgan fingerprint density at radius 3 is 2.32 bits per heavy atom. The van der Waals surface area contributed by atoms with E-state index in [0.717, 1.165) is 11.3 Å². The van der Waals surface area contributed by atoms with Crippen LogP contribution >= 0.6 is 43.2 Å². The van der Waals surface area contributed by atoms with Crippen molar-refractivity contribution in [3.05, 3.63) is 48.5 Å². The second-order valence-electron chi connectivity index (χ2n) is 4.29. The van der Waals surface area contributed by atoms with E-state index >= 15 is 0 Å². The number of carbonyl (C=O) groups is 2. The zero-order valence-corrected chi connectivity index (χ0v) is 15.5. The number of halogens is 2. The number of rotatable bonds is 5. The Kier molecular flexibility index (Phi) is 5.60. The lowest BCUT2D eigenvalue weighted by Crippen LogP contribution is -2.26. The lowest BCUT2D eigenvalue weighted by Gasteiger charge is -2.07. The summed E-state index contributed by atoms with van der Waals surface area (Å²) in [4.78, 5) is 23.8. The van der Waals surface area contributed by atoms with Crippen LogP contribution in [0.25, 0.3) is 0 Å². The van der Waals surface area contributed by atoms with E-state index in [0.29, 0.717) is 14.1 Å². The Morgan fingerprint density at radius 2 is 1.77 bits per heavy atom. The lowest BCUT2D eigenvalue weighted by molar-refractivity contribution is 0.0934. The van der Waals surface area contributed by atoms with Crippen LogP contribution in [0, 0.1) is 0 Å². The van der Waals surface area contributed by atoms with Crippen molar-refractivity contribution in [3.63, 3.8) is 0 Å². The molecule has 0 spiro atoms. The van der Waals surface area contributed by atoms with Crippen molar-refractivity contribution in [2.75, 3.05) is 7.11 Å². The molecule has 3 N–H and O–H groups in total. The van der Waals surface area contributed by atoms with Gasteiger partial charge in [-0.2, -0.15) is 0 Å². The van der Waals surface area contributed by atoms with E-state index in [2.05, 4.69) is 37.2 Å². The minimum absolute atomic E-state index is 0.184. The second kappa shape index (κ2) is 7.26. The molecule has 0 saturated carbocycles. The van der Waals surface area contributed by atoms with E-state index in [-0.39, 0.29) is 17.0 Å². The number of ether oxygens (including phenoxy) is 1. The van der Waals surface area contributed by atoms with Crippen molar-refractivity contribution in [2.45, 2.75) is 6.54 Å². The normalized spacial score (nSPS) is 10.3. The maximum Gasteiger partial charge on any atom is 0.254 e. The average Bonchev–Trinajstić information content (AvgIpc) is 2.80. The third-order valence-electron chi connectivity index (χ3n) is 2.91. The van der Waals surface area contributed by atoms with Gasteiger partial charge in [-0.3, -0.25) is 9.59 Å². The average molecular weight is 448 g/mol. The summed E-state index contributed by atoms with van der Waals surface area (Å²) in [6, 6.07) is 7.33. The standard InChI is InChI=1S/C14H12Br2N2O3S/c1-21-8-4-2-7(3-5-8)6-18-14(20)10-9(13(17)19)11(15)22-12(10)16/h2-5H,6H2,1H3,(H2,17,19)(H,18,20). The fraction of sp³-hybridized carbons (Fsp3) is 0.143. The van der Waals surface area contributed by atoms with E-state index in [1.54, 1.807) is 7.11 Å². The Morgan fingerprint density at radius 1 is 1.18 bits per heavy atom. The van der Waals surface area contributed by atoms with Crippen LogP contribution in [0.2, 0.25) is 0 Å². The van der Waals surface area contributed by atoms with Gasteiger partial charge in [0.05, 0.1) is 25.8 Å². The van der Waals surface area contributed by atoms with Gasteiger partial charge in [-0.1, -0.05) is 12.1 Å². The number of carbonyl (C=O) groups excluding carboxylic acids is 2. The highest BCUT2D eigenvalue weighted by molar-refractivity contribution is 9.12. The molecular weight excluding hydrogens is 436 g/mol. The highest BCUT2D eigenvalue weighted by Crippen LogP contribution is 2.36. The Bertz CT molecular complexity index is 714. The third-order valence-corrected chi connectivity index (χ3v) is 5.44. The summed E-state index contributed by atoms with van der Waals surface area (Å²) in [5.74, 6) is -0.266. The summed E-state index contributed by atoms with van der Waals surface area (Å²) in [6.07, 6.45) is 0. The van der Waals surface area contributed by atoms with Gasteiger partial charge in [0, 0.05) is 6.54 Å². The molecule has 116 valence electrons. The van der Waals surface area contributed by atoms with Gasteiger partial charge in [0.1, 0.15) is 5.75 Å². The van der Waals surface area contributed by atoms with Crippen LogP contribution in [0.5, 0.6) is 5.75 Å². The quantitative estimate of drug-likeness (QED) is 0.737. The summed E-state index contributed by atoms with van der Waals surface area (Å²) in [7, 11) is 1.59. The smallest absolute Gasteiger partial charge is 0.254 e. The molecule has 0 unspecified atom stereocenters. The summed E-state index contributed by atoms with van der Waals surface area (Å²) in [5, 5.41) is 2.77. The number of benzene rings is 1. The fourth-order valence-corrected chi connectivity index (χ4v) is 4.97. The predicted molar refractivity (Wildman–Crippen MR) is 92.4 cm³/mol. The largest absolute Gasteiger partial charge is 0.497 e. The van der Waals surface area contributed by atoms with E-state index < -0.39 is 5.91 Å². The van der Waals surface area contributed by atoms with Crippen LogP contribution in [-0.4, -0.2) is 18.9 Å². The molecule has 1 aromatic heterocycles. The van der Waals surface area contributed by atoms with E-state index in [1.807, 2.05) is 24.3 Å². The molecule has 1 aromatic carbocycles. The zero-order chi connectivity index (χ0) is 16.3. The van der Waals surface area contributed by atoms with E-state index in [1.165, 1.54) is 11.3 Å². The number of methoxy groups -OCH3 is 1. The highest BCUT2D eigenvalue weighted by Gasteiger charge is 2.24. The van der Waals surface area contributed by atoms with E-state index in [9.17, 15) is 9.59 Å². The highest BCUT2D eigenvalue weighted by atomic mass is 79.9. The number of nitrogens with two attached hydrogens (primary N) is 1. The van der Waals surface area contributed by atoms with Crippen molar-refractivity contribution in [1.82, 2.24) is 5.32 Å². The summed E-state index contributed by atoms with van der Waals surface area (Å²) >= 11 is 7.76. The molecule has 0 atom stereocenters. The van der Waals surface area contributed by atoms with Crippen molar-refractivity contribution >= 4 is 55.0 Å². The number of primary amides is 1. The fourth-order valence-electron chi connectivity index (χ4n) is 1.81. The van der Waals surface area contributed by atoms with Crippen molar-refractivity contribution in [2.24, 2.45) is 5.73 Å². The third kappa shape index (κ3) is 3.68. The zero-order valence-electron chi connectivity index (χ0n) is 11.5. The minimum atomic E-state index is -0.650. The first kappa shape index (κ1) is 17.0. The van der Waals surface area contributed by atoms with Crippen LogP contribution in [0.15, 0.2) is 31.8 Å². The molecule has 0 aliphatic rings. The summed E-state index contributed by atoms with van der Waals surface area (Å²) in [5.41, 5.74) is 6.68. The predicted octanol–water partition coefficient (Wildman–Crippen LogP) is 3.31. The van der Waals surface area contributed by atoms with Gasteiger partial charge in [0.25, 0.3) is 11.8 Å². The SMILES string of the molecule is COc1ccc(CNC(=O)c2c(Br)sc(Br)c2C(N)=O)cc1. The molecule has 5 nitrogen and oxygen atoms in total. The lowest BCUT2D eigenvalue weighted by atomic mass is 10.1. The summed E-state index contributed by atoms with van der Waals surface area (Å²) in [6.45, 7) is 0.334. The van der Waals surface area contributed by atoms with Crippen LogP contribution < -0.4 is 15.8 Å². The Hall–Kier alpha value is -1.38. The first-order valence-corrected chi connectivity index (χ1v) is 8.53. The first-order valence-electron chi connectivity index (χ1n) is 6.12. The van der Waals surface area contributed by atoms with Gasteiger partial charge >= 0.3 is 0 Å². The van der Waals surface area contributed by atoms with Crippen molar-refractivity contribution in [1.29, 1.82) is 0 Å². The van der Waals surface area contributed by atoms with Crippen molar-refractivity contribution in [3.8, 4) is 5.75 Å². The van der Waals surface area contributed by atoms with Gasteiger partial charge in [0.15, 0.2) is 0 Å². The molecule has 0 fully saturated rings. The van der Waals surface area contributed by atoms with E-state index in [4.69, 9.17) is 10.5 Å². The first-order chi connectivity index (χ1) is 10.4. The number of thiophene rings is 1. The van der Waals surface area contributed by atoms with Crippen LogP contribution in [0.4, 0.5) is 0 Å². The molecule has 8 heteroatoms. The molecule has 2 aromatic rings. The Labute approximate surface area is 148 Å². The Balaban J connectivity index is 2.14. The molecule has 0 aliphatic heterocycles. The van der Waals surface area contributed by atoms with Crippen LogP contribution in [-0.2, 0) is 6.54 Å².